The lowest BCUT2D eigenvalue weighted by atomic mass is 10.0. The summed E-state index contributed by atoms with van der Waals surface area (Å²) in [5, 5.41) is 1.43. The van der Waals surface area contributed by atoms with Gasteiger partial charge in [0.15, 0.2) is 0 Å². The monoisotopic (exact) mass is 258 g/mol. The zero-order valence-electron chi connectivity index (χ0n) is 9.05. The molecule has 0 heterocycles. The van der Waals surface area contributed by atoms with Crippen LogP contribution in [0.5, 0.6) is 0 Å². The Hall–Kier alpha value is -0.280. The Morgan fingerprint density at radius 1 is 1.38 bits per heavy atom. The summed E-state index contributed by atoms with van der Waals surface area (Å²) in [5.41, 5.74) is 3.82. The molecule has 1 aliphatic carbocycles. The fraction of sp³-hybridized carbons (Fsp3) is 0.500. The van der Waals surface area contributed by atoms with E-state index in [0.29, 0.717) is 5.02 Å². The van der Waals surface area contributed by atoms with Gasteiger partial charge < -0.3 is 0 Å². The number of nitrogens with two attached hydrogens (primary N) is 1. The number of hydrazine groups is 1. The maximum absolute atomic E-state index is 6.15. The van der Waals surface area contributed by atoms with Crippen molar-refractivity contribution < 1.29 is 0 Å². The van der Waals surface area contributed by atoms with Gasteiger partial charge in [0, 0.05) is 16.1 Å². The molecule has 0 amide bonds. The quantitative estimate of drug-likeness (QED) is 0.625. The lowest BCUT2D eigenvalue weighted by Gasteiger charge is -2.17. The van der Waals surface area contributed by atoms with E-state index in [9.17, 15) is 0 Å². The van der Waals surface area contributed by atoms with Gasteiger partial charge in [0.05, 0.1) is 0 Å². The molecule has 0 spiro atoms. The molecular formula is C12H16Cl2N2. The van der Waals surface area contributed by atoms with E-state index in [1.807, 2.05) is 12.1 Å². The minimum absolute atomic E-state index is 0.104. The number of halogens is 2. The highest BCUT2D eigenvalue weighted by Crippen LogP contribution is 2.37. The van der Waals surface area contributed by atoms with E-state index in [-0.39, 0.29) is 6.04 Å². The van der Waals surface area contributed by atoms with Crippen molar-refractivity contribution in [2.24, 2.45) is 11.8 Å². The number of hydrogen-bond donors (Lipinski definition) is 2. The predicted octanol–water partition coefficient (Wildman–Crippen LogP) is 3.69. The third-order valence-corrected chi connectivity index (χ3v) is 3.67. The van der Waals surface area contributed by atoms with Gasteiger partial charge in [0.25, 0.3) is 0 Å². The lowest BCUT2D eigenvalue weighted by Crippen LogP contribution is -2.28. The van der Waals surface area contributed by atoms with Crippen LogP contribution in [0.4, 0.5) is 0 Å². The van der Waals surface area contributed by atoms with Crippen molar-refractivity contribution in [3.63, 3.8) is 0 Å². The zero-order valence-corrected chi connectivity index (χ0v) is 10.6. The van der Waals surface area contributed by atoms with Gasteiger partial charge in [0.2, 0.25) is 0 Å². The third kappa shape index (κ3) is 3.11. The Balaban J connectivity index is 2.07. The van der Waals surface area contributed by atoms with Crippen LogP contribution in [-0.4, -0.2) is 0 Å². The molecular weight excluding hydrogens is 243 g/mol. The second-order valence-electron chi connectivity index (χ2n) is 4.41. The Morgan fingerprint density at radius 2 is 2.12 bits per heavy atom. The molecule has 3 N–H and O–H groups in total. The fourth-order valence-electron chi connectivity index (χ4n) is 1.92. The highest BCUT2D eigenvalue weighted by Gasteiger charge is 2.23. The summed E-state index contributed by atoms with van der Waals surface area (Å²) in [5.74, 6) is 6.48. The molecule has 0 bridgehead atoms. The second kappa shape index (κ2) is 5.37. The number of nitrogens with one attached hydrogen (secondary N) is 1. The van der Waals surface area contributed by atoms with E-state index in [2.05, 4.69) is 5.43 Å². The van der Waals surface area contributed by atoms with Crippen LogP contribution in [0.3, 0.4) is 0 Å². The molecule has 0 saturated heterocycles. The molecule has 88 valence electrons. The van der Waals surface area contributed by atoms with Crippen LogP contribution in [-0.2, 0) is 0 Å². The van der Waals surface area contributed by atoms with Crippen molar-refractivity contribution in [3.8, 4) is 0 Å². The van der Waals surface area contributed by atoms with Crippen molar-refractivity contribution in [1.29, 1.82) is 0 Å². The van der Waals surface area contributed by atoms with E-state index in [4.69, 9.17) is 29.0 Å². The number of benzene rings is 1. The standard InChI is InChI=1S/C12H16Cl2N2/c13-9-4-5-11(14)10(7-9)12(16-15)6-3-8-1-2-8/h4-5,7-8,12,16H,1-3,6,15H2. The van der Waals surface area contributed by atoms with Gasteiger partial charge in [-0.2, -0.15) is 0 Å². The molecule has 0 radical (unpaired) electrons. The Bertz CT molecular complexity index is 364. The van der Waals surface area contributed by atoms with E-state index in [0.717, 1.165) is 22.9 Å². The van der Waals surface area contributed by atoms with Crippen LogP contribution in [0, 0.1) is 5.92 Å². The van der Waals surface area contributed by atoms with Crippen LogP contribution in [0.15, 0.2) is 18.2 Å². The first-order valence-corrected chi connectivity index (χ1v) is 6.37. The van der Waals surface area contributed by atoms with Gasteiger partial charge in [0.1, 0.15) is 0 Å². The van der Waals surface area contributed by atoms with E-state index in [1.165, 1.54) is 19.3 Å². The minimum Gasteiger partial charge on any atom is -0.271 e. The SMILES string of the molecule is NNC(CCC1CC1)c1cc(Cl)ccc1Cl. The molecule has 1 aromatic carbocycles. The van der Waals surface area contributed by atoms with Crippen molar-refractivity contribution in [2.45, 2.75) is 31.7 Å². The molecule has 1 atom stereocenters. The van der Waals surface area contributed by atoms with Gasteiger partial charge in [-0.3, -0.25) is 11.3 Å². The molecule has 16 heavy (non-hydrogen) atoms. The van der Waals surface area contributed by atoms with E-state index < -0.39 is 0 Å². The second-order valence-corrected chi connectivity index (χ2v) is 5.25. The largest absolute Gasteiger partial charge is 0.271 e. The predicted molar refractivity (Wildman–Crippen MR) is 68.5 cm³/mol. The van der Waals surface area contributed by atoms with Crippen molar-refractivity contribution in [1.82, 2.24) is 5.43 Å². The van der Waals surface area contributed by atoms with Crippen molar-refractivity contribution in [3.05, 3.63) is 33.8 Å². The highest BCUT2D eigenvalue weighted by molar-refractivity contribution is 6.33. The molecule has 1 aliphatic rings. The van der Waals surface area contributed by atoms with Crippen LogP contribution in [0.1, 0.15) is 37.3 Å². The van der Waals surface area contributed by atoms with Crippen LogP contribution in [0.2, 0.25) is 10.0 Å². The third-order valence-electron chi connectivity index (χ3n) is 3.10. The normalized spacial score (nSPS) is 17.4. The van der Waals surface area contributed by atoms with Gasteiger partial charge in [-0.1, -0.05) is 36.0 Å². The fourth-order valence-corrected chi connectivity index (χ4v) is 2.35. The molecule has 2 nitrogen and oxygen atoms in total. The van der Waals surface area contributed by atoms with Crippen LogP contribution < -0.4 is 11.3 Å². The molecule has 0 aromatic heterocycles. The van der Waals surface area contributed by atoms with Gasteiger partial charge in [-0.05, 0) is 42.5 Å². The first-order valence-electron chi connectivity index (χ1n) is 5.62. The topological polar surface area (TPSA) is 38.0 Å². The van der Waals surface area contributed by atoms with Crippen molar-refractivity contribution >= 4 is 23.2 Å². The molecule has 4 heteroatoms. The summed E-state index contributed by atoms with van der Waals surface area (Å²) >= 11 is 12.1. The van der Waals surface area contributed by atoms with Gasteiger partial charge in [-0.15, -0.1) is 0 Å². The maximum atomic E-state index is 6.15. The Morgan fingerprint density at radius 3 is 2.75 bits per heavy atom. The summed E-state index contributed by atoms with van der Waals surface area (Å²) in [7, 11) is 0. The summed E-state index contributed by atoms with van der Waals surface area (Å²) in [6.45, 7) is 0. The summed E-state index contributed by atoms with van der Waals surface area (Å²) in [6, 6.07) is 5.61. The van der Waals surface area contributed by atoms with E-state index in [1.54, 1.807) is 6.07 Å². The summed E-state index contributed by atoms with van der Waals surface area (Å²) in [6.07, 6.45) is 4.94. The first kappa shape index (κ1) is 12.2. The molecule has 1 fully saturated rings. The molecule has 1 aromatic rings. The zero-order chi connectivity index (χ0) is 11.5. The molecule has 1 unspecified atom stereocenters. The molecule has 0 aliphatic heterocycles. The van der Waals surface area contributed by atoms with Crippen molar-refractivity contribution in [2.75, 3.05) is 0 Å². The average Bonchev–Trinajstić information content (AvgIpc) is 3.07. The van der Waals surface area contributed by atoms with Gasteiger partial charge >= 0.3 is 0 Å². The summed E-state index contributed by atoms with van der Waals surface area (Å²) < 4.78 is 0. The van der Waals surface area contributed by atoms with Crippen LogP contribution in [0.25, 0.3) is 0 Å². The summed E-state index contributed by atoms with van der Waals surface area (Å²) in [4.78, 5) is 0. The maximum Gasteiger partial charge on any atom is 0.0475 e. The first-order chi connectivity index (χ1) is 7.70. The average molecular weight is 259 g/mol. The smallest absolute Gasteiger partial charge is 0.0475 e. The van der Waals surface area contributed by atoms with E-state index >= 15 is 0 Å². The van der Waals surface area contributed by atoms with Gasteiger partial charge in [-0.25, -0.2) is 0 Å². The Kier molecular flexibility index (Phi) is 4.09. The van der Waals surface area contributed by atoms with Crippen LogP contribution >= 0.6 is 23.2 Å². The number of rotatable bonds is 5. The molecule has 1 saturated carbocycles. The highest BCUT2D eigenvalue weighted by atomic mass is 35.5. The Labute approximate surface area is 106 Å². The number of hydrogen-bond acceptors (Lipinski definition) is 2. The minimum atomic E-state index is 0.104. The lowest BCUT2D eigenvalue weighted by molar-refractivity contribution is 0.482. The molecule has 2 rings (SSSR count).